The lowest BCUT2D eigenvalue weighted by Gasteiger charge is -2.41. The van der Waals surface area contributed by atoms with E-state index in [-0.39, 0.29) is 17.9 Å². The van der Waals surface area contributed by atoms with E-state index in [1.54, 1.807) is 12.4 Å². The molecule has 1 aliphatic carbocycles. The molecule has 4 rings (SSSR count). The highest BCUT2D eigenvalue weighted by molar-refractivity contribution is 6.13. The zero-order chi connectivity index (χ0) is 19.1. The Kier molecular flexibility index (Phi) is 4.47. The molecule has 3 heterocycles. The Hall–Kier alpha value is -2.68. The third kappa shape index (κ3) is 3.23. The van der Waals surface area contributed by atoms with Gasteiger partial charge in [-0.25, -0.2) is 4.99 Å². The van der Waals surface area contributed by atoms with E-state index in [0.717, 1.165) is 18.5 Å². The van der Waals surface area contributed by atoms with E-state index in [2.05, 4.69) is 37.9 Å². The molecule has 9 nitrogen and oxygen atoms in total. The Balaban J connectivity index is 1.63. The van der Waals surface area contributed by atoms with E-state index in [0.29, 0.717) is 29.0 Å². The van der Waals surface area contributed by atoms with Crippen LogP contribution in [0, 0.1) is 18.3 Å². The first-order chi connectivity index (χ1) is 12.9. The van der Waals surface area contributed by atoms with Crippen LogP contribution in [0.15, 0.2) is 22.3 Å². The number of carbonyl (C=O) groups is 1. The molecule has 1 aromatic heterocycles. The molecule has 3 aliphatic rings. The summed E-state index contributed by atoms with van der Waals surface area (Å²) in [6, 6.07) is 2.08. The third-order valence-corrected chi connectivity index (χ3v) is 5.52. The van der Waals surface area contributed by atoms with Crippen LogP contribution in [0.3, 0.4) is 0 Å². The van der Waals surface area contributed by atoms with Crippen LogP contribution in [0.25, 0.3) is 0 Å². The fourth-order valence-corrected chi connectivity index (χ4v) is 4.22. The molecule has 2 aliphatic heterocycles. The van der Waals surface area contributed by atoms with Crippen molar-refractivity contribution in [2.24, 2.45) is 10.9 Å². The van der Waals surface area contributed by atoms with Gasteiger partial charge in [0, 0.05) is 24.8 Å². The van der Waals surface area contributed by atoms with E-state index in [1.165, 1.54) is 12.8 Å². The summed E-state index contributed by atoms with van der Waals surface area (Å²) in [7, 11) is 1.93. The molecule has 0 radical (unpaired) electrons. The van der Waals surface area contributed by atoms with Crippen molar-refractivity contribution in [2.45, 2.75) is 51.7 Å². The van der Waals surface area contributed by atoms with Crippen LogP contribution in [-0.2, 0) is 4.79 Å². The minimum absolute atomic E-state index is 0.125. The van der Waals surface area contributed by atoms with Crippen molar-refractivity contribution in [1.82, 2.24) is 25.5 Å². The second-order valence-electron chi connectivity index (χ2n) is 7.76. The average Bonchev–Trinajstić information content (AvgIpc) is 3.23. The maximum Gasteiger partial charge on any atom is 0.274 e. The van der Waals surface area contributed by atoms with Crippen molar-refractivity contribution >= 4 is 23.9 Å². The first-order valence-corrected chi connectivity index (χ1v) is 9.41. The molecule has 1 amide bonds. The summed E-state index contributed by atoms with van der Waals surface area (Å²) >= 11 is 0. The van der Waals surface area contributed by atoms with Gasteiger partial charge in [0.05, 0.1) is 11.9 Å². The molecule has 4 N–H and O–H groups in total. The van der Waals surface area contributed by atoms with E-state index >= 15 is 0 Å². The minimum atomic E-state index is -0.303. The predicted octanol–water partition coefficient (Wildman–Crippen LogP) is 1.59. The number of H-pyrrole nitrogens is 1. The van der Waals surface area contributed by atoms with Gasteiger partial charge in [0.1, 0.15) is 11.9 Å². The minimum Gasteiger partial charge on any atom is -0.344 e. The van der Waals surface area contributed by atoms with Crippen molar-refractivity contribution in [3.05, 3.63) is 23.0 Å². The summed E-state index contributed by atoms with van der Waals surface area (Å²) in [6.07, 6.45) is 6.03. The summed E-state index contributed by atoms with van der Waals surface area (Å²) in [5.74, 6) is 0.942. The molecular weight excluding hydrogens is 344 g/mol. The van der Waals surface area contributed by atoms with Gasteiger partial charge < -0.3 is 15.6 Å². The van der Waals surface area contributed by atoms with Crippen molar-refractivity contribution < 1.29 is 4.79 Å². The van der Waals surface area contributed by atoms with Gasteiger partial charge in [0.15, 0.2) is 11.7 Å². The van der Waals surface area contributed by atoms with E-state index in [9.17, 15) is 4.79 Å². The van der Waals surface area contributed by atoms with Crippen LogP contribution in [0.4, 0.5) is 5.82 Å². The Bertz CT molecular complexity index is 825. The molecule has 144 valence electrons. The number of aromatic nitrogens is 2. The zero-order valence-electron chi connectivity index (χ0n) is 15.9. The number of hydrogen-bond acceptors (Lipinski definition) is 6. The standard InChI is InChI=1S/C18H26N8O/c1-10-5-4-6-12(7-10)26-18-14(16(19)20-9-25(18)3)15(24-26)17(27)21-13-8-11(2)22-23-13/h8-10,12,18-19,24H,4-7H2,1-3H3,(H2,21,22,23,27). The molecule has 27 heavy (non-hydrogen) atoms. The number of amidine groups is 1. The second kappa shape index (κ2) is 6.80. The van der Waals surface area contributed by atoms with Crippen LogP contribution in [0.1, 0.15) is 38.3 Å². The molecule has 0 bridgehead atoms. The smallest absolute Gasteiger partial charge is 0.274 e. The molecule has 0 saturated heterocycles. The van der Waals surface area contributed by atoms with Crippen molar-refractivity contribution in [3.8, 4) is 0 Å². The number of carbonyl (C=O) groups excluding carboxylic acids is 1. The maximum atomic E-state index is 12.9. The highest BCUT2D eigenvalue weighted by Crippen LogP contribution is 2.34. The van der Waals surface area contributed by atoms with Crippen molar-refractivity contribution in [2.75, 3.05) is 12.4 Å². The van der Waals surface area contributed by atoms with E-state index < -0.39 is 0 Å². The zero-order valence-corrected chi connectivity index (χ0v) is 15.9. The van der Waals surface area contributed by atoms with Crippen LogP contribution < -0.4 is 10.7 Å². The molecule has 3 atom stereocenters. The normalized spacial score (nSPS) is 28.3. The number of fused-ring (bicyclic) bond motifs is 1. The number of nitrogens with zero attached hydrogens (tertiary/aromatic N) is 4. The molecule has 1 aromatic rings. The lowest BCUT2D eigenvalue weighted by atomic mass is 9.86. The molecule has 0 aromatic carbocycles. The van der Waals surface area contributed by atoms with Crippen molar-refractivity contribution in [1.29, 1.82) is 5.41 Å². The number of hydrogen-bond donors (Lipinski definition) is 4. The molecule has 9 heteroatoms. The lowest BCUT2D eigenvalue weighted by molar-refractivity contribution is -0.113. The van der Waals surface area contributed by atoms with E-state index in [4.69, 9.17) is 5.41 Å². The summed E-state index contributed by atoms with van der Waals surface area (Å²) < 4.78 is 0. The molecular formula is C18H26N8O. The van der Waals surface area contributed by atoms with Crippen LogP contribution in [0.5, 0.6) is 0 Å². The highest BCUT2D eigenvalue weighted by Gasteiger charge is 2.45. The quantitative estimate of drug-likeness (QED) is 0.645. The number of aryl methyl sites for hydroxylation is 1. The SMILES string of the molecule is Cc1cc(NC(=O)C2=C3C(=N)N=CN(C)C3N(C3CCCC(C)C3)N2)n[nH]1. The number of aromatic amines is 1. The van der Waals surface area contributed by atoms with Gasteiger partial charge in [-0.3, -0.25) is 15.3 Å². The highest BCUT2D eigenvalue weighted by atomic mass is 16.2. The Labute approximate surface area is 158 Å². The number of aliphatic imine (C=N–C) groups is 1. The third-order valence-electron chi connectivity index (χ3n) is 5.52. The number of nitrogens with one attached hydrogen (secondary N) is 4. The molecule has 1 saturated carbocycles. The summed E-state index contributed by atoms with van der Waals surface area (Å²) in [4.78, 5) is 19.1. The number of amides is 1. The van der Waals surface area contributed by atoms with Crippen molar-refractivity contribution in [3.63, 3.8) is 0 Å². The van der Waals surface area contributed by atoms with Crippen LogP contribution >= 0.6 is 0 Å². The van der Waals surface area contributed by atoms with Gasteiger partial charge in [-0.2, -0.15) is 10.1 Å². The monoisotopic (exact) mass is 370 g/mol. The number of likely N-dealkylation sites (N-methyl/N-ethyl adjacent to an activating group) is 1. The maximum absolute atomic E-state index is 12.9. The number of rotatable bonds is 3. The Morgan fingerprint density at radius 3 is 2.93 bits per heavy atom. The lowest BCUT2D eigenvalue weighted by Crippen LogP contribution is -2.55. The van der Waals surface area contributed by atoms with Gasteiger partial charge in [-0.15, -0.1) is 0 Å². The Morgan fingerprint density at radius 1 is 1.41 bits per heavy atom. The van der Waals surface area contributed by atoms with Gasteiger partial charge in [-0.05, 0) is 25.7 Å². The Morgan fingerprint density at radius 2 is 2.22 bits per heavy atom. The van der Waals surface area contributed by atoms with E-state index in [1.807, 2.05) is 18.9 Å². The first-order valence-electron chi connectivity index (χ1n) is 9.41. The van der Waals surface area contributed by atoms with Crippen LogP contribution in [0.2, 0.25) is 0 Å². The second-order valence-corrected chi connectivity index (χ2v) is 7.76. The number of hydrazine groups is 1. The fraction of sp³-hybridized carbons (Fsp3) is 0.556. The fourth-order valence-electron chi connectivity index (χ4n) is 4.22. The topological polar surface area (TPSA) is 112 Å². The van der Waals surface area contributed by atoms with Gasteiger partial charge >= 0.3 is 0 Å². The molecule has 3 unspecified atom stereocenters. The summed E-state index contributed by atoms with van der Waals surface area (Å²) in [5, 5.41) is 20.1. The van der Waals surface area contributed by atoms with Gasteiger partial charge in [0.2, 0.25) is 0 Å². The first kappa shape index (κ1) is 17.7. The van der Waals surface area contributed by atoms with Gasteiger partial charge in [0.25, 0.3) is 5.91 Å². The number of anilines is 1. The predicted molar refractivity (Wildman–Crippen MR) is 103 cm³/mol. The summed E-state index contributed by atoms with van der Waals surface area (Å²) in [5.41, 5.74) is 5.18. The molecule has 1 fully saturated rings. The van der Waals surface area contributed by atoms with Crippen LogP contribution in [-0.4, -0.2) is 57.4 Å². The molecule has 0 spiro atoms. The van der Waals surface area contributed by atoms with Gasteiger partial charge in [-0.1, -0.05) is 19.8 Å². The summed E-state index contributed by atoms with van der Waals surface area (Å²) in [6.45, 7) is 4.15. The largest absolute Gasteiger partial charge is 0.344 e. The average molecular weight is 370 g/mol.